The van der Waals surface area contributed by atoms with Crippen LogP contribution in [-0.2, 0) is 13.6 Å². The van der Waals surface area contributed by atoms with Crippen molar-refractivity contribution in [2.75, 3.05) is 0 Å². The molecule has 7 heteroatoms. The summed E-state index contributed by atoms with van der Waals surface area (Å²) in [5.74, 6) is -0.812. The average Bonchev–Trinajstić information content (AvgIpc) is 3.38. The Balaban J connectivity index is 1.97. The predicted molar refractivity (Wildman–Crippen MR) is 94.0 cm³/mol. The number of hydrogen-bond donors (Lipinski definition) is 1. The lowest BCUT2D eigenvalue weighted by Gasteiger charge is -2.27. The van der Waals surface area contributed by atoms with Crippen LogP contribution >= 0.6 is 0 Å². The highest BCUT2D eigenvalue weighted by molar-refractivity contribution is 5.98. The molecule has 0 amide bonds. The third-order valence-electron chi connectivity index (χ3n) is 4.74. The molecule has 2 aromatic rings. The van der Waals surface area contributed by atoms with Gasteiger partial charge in [0.1, 0.15) is 17.1 Å². The molecule has 1 aromatic heterocycles. The van der Waals surface area contributed by atoms with Crippen LogP contribution in [0.1, 0.15) is 61.4 Å². The zero-order chi connectivity index (χ0) is 19.0. The summed E-state index contributed by atoms with van der Waals surface area (Å²) in [7, 11) is 1.27. The van der Waals surface area contributed by atoms with Gasteiger partial charge in [-0.05, 0) is 29.9 Å². The van der Waals surface area contributed by atoms with E-state index in [-0.39, 0.29) is 11.9 Å². The van der Waals surface area contributed by atoms with Gasteiger partial charge in [-0.25, -0.2) is 13.5 Å². The maximum atomic E-state index is 14.4. The largest absolute Gasteiger partial charge is 0.349 e. The topological polar surface area (TPSA) is 44.9 Å². The summed E-state index contributed by atoms with van der Waals surface area (Å²) in [6.07, 6.45) is -1.18. The molecule has 0 spiro atoms. The molecule has 0 unspecified atom stereocenters. The number of hydrogen-bond acceptors (Lipinski definition) is 2. The van der Waals surface area contributed by atoms with Gasteiger partial charge in [-0.3, -0.25) is 5.41 Å². The SMILES string of the molecule is CC(C)c1ccccc1CN(C(=N)c1c(C(F)F)nn(C)c1F)C1CC1. The molecule has 1 N–H and O–H groups in total. The van der Waals surface area contributed by atoms with E-state index in [1.807, 2.05) is 24.3 Å². The van der Waals surface area contributed by atoms with Crippen LogP contribution in [0.3, 0.4) is 0 Å². The van der Waals surface area contributed by atoms with E-state index in [0.29, 0.717) is 12.5 Å². The summed E-state index contributed by atoms with van der Waals surface area (Å²) in [6, 6.07) is 7.97. The van der Waals surface area contributed by atoms with Crippen molar-refractivity contribution < 1.29 is 13.2 Å². The van der Waals surface area contributed by atoms with Gasteiger partial charge in [0, 0.05) is 19.6 Å². The molecule has 1 heterocycles. The molecule has 1 fully saturated rings. The van der Waals surface area contributed by atoms with E-state index in [4.69, 9.17) is 5.41 Å². The monoisotopic (exact) mass is 364 g/mol. The van der Waals surface area contributed by atoms with Gasteiger partial charge in [-0.15, -0.1) is 0 Å². The first-order chi connectivity index (χ1) is 12.3. The van der Waals surface area contributed by atoms with Gasteiger partial charge in [-0.2, -0.15) is 9.49 Å². The van der Waals surface area contributed by atoms with E-state index in [2.05, 4.69) is 18.9 Å². The average molecular weight is 364 g/mol. The number of nitrogens with one attached hydrogen (secondary N) is 1. The molecule has 1 aliphatic carbocycles. The summed E-state index contributed by atoms with van der Waals surface area (Å²) in [4.78, 5) is 1.73. The van der Waals surface area contributed by atoms with Crippen molar-refractivity contribution in [3.8, 4) is 0 Å². The van der Waals surface area contributed by atoms with Crippen LogP contribution in [0.4, 0.5) is 13.2 Å². The Kier molecular flexibility index (Phi) is 5.07. The summed E-state index contributed by atoms with van der Waals surface area (Å²) in [5.41, 5.74) is 1.11. The summed E-state index contributed by atoms with van der Waals surface area (Å²) >= 11 is 0. The molecule has 26 heavy (non-hydrogen) atoms. The minimum absolute atomic E-state index is 0.0767. The maximum absolute atomic E-state index is 14.4. The lowest BCUT2D eigenvalue weighted by molar-refractivity contribution is 0.145. The Labute approximate surface area is 151 Å². The van der Waals surface area contributed by atoms with E-state index in [1.165, 1.54) is 7.05 Å². The van der Waals surface area contributed by atoms with Crippen molar-refractivity contribution in [3.05, 3.63) is 52.6 Å². The number of nitrogens with zero attached hydrogens (tertiary/aromatic N) is 3. The number of benzene rings is 1. The maximum Gasteiger partial charge on any atom is 0.283 e. The number of amidine groups is 1. The van der Waals surface area contributed by atoms with Crippen LogP contribution in [-0.4, -0.2) is 26.6 Å². The number of aryl methyl sites for hydroxylation is 1. The Morgan fingerprint density at radius 2 is 1.96 bits per heavy atom. The molecule has 0 saturated heterocycles. The quantitative estimate of drug-likeness (QED) is 0.601. The van der Waals surface area contributed by atoms with Gasteiger partial charge in [0.2, 0.25) is 5.95 Å². The van der Waals surface area contributed by atoms with Crippen LogP contribution in [0.15, 0.2) is 24.3 Å². The van der Waals surface area contributed by atoms with Gasteiger partial charge in [-0.1, -0.05) is 38.1 Å². The van der Waals surface area contributed by atoms with Gasteiger partial charge in [0.25, 0.3) is 6.43 Å². The molecule has 0 atom stereocenters. The van der Waals surface area contributed by atoms with Crippen LogP contribution in [0.5, 0.6) is 0 Å². The van der Waals surface area contributed by atoms with Crippen molar-refractivity contribution in [1.29, 1.82) is 5.41 Å². The second-order valence-corrected chi connectivity index (χ2v) is 7.04. The van der Waals surface area contributed by atoms with Crippen LogP contribution < -0.4 is 0 Å². The Bertz CT molecular complexity index is 809. The molecule has 1 aromatic carbocycles. The van der Waals surface area contributed by atoms with Gasteiger partial charge in [0.05, 0.1) is 0 Å². The van der Waals surface area contributed by atoms with Crippen LogP contribution in [0.2, 0.25) is 0 Å². The number of halogens is 3. The Hall–Kier alpha value is -2.31. The molecule has 140 valence electrons. The summed E-state index contributed by atoms with van der Waals surface area (Å²) < 4.78 is 41.8. The second-order valence-electron chi connectivity index (χ2n) is 7.04. The Morgan fingerprint density at radius 1 is 1.31 bits per heavy atom. The molecule has 3 rings (SSSR count). The minimum atomic E-state index is -2.93. The molecule has 4 nitrogen and oxygen atoms in total. The van der Waals surface area contributed by atoms with Crippen LogP contribution in [0, 0.1) is 11.4 Å². The molecule has 1 saturated carbocycles. The molecular weight excluding hydrogens is 341 g/mol. The molecule has 0 bridgehead atoms. The lowest BCUT2D eigenvalue weighted by Crippen LogP contribution is -2.34. The van der Waals surface area contributed by atoms with Crippen LogP contribution in [0.25, 0.3) is 0 Å². The summed E-state index contributed by atoms with van der Waals surface area (Å²) in [6.45, 7) is 4.57. The fourth-order valence-electron chi connectivity index (χ4n) is 3.24. The summed E-state index contributed by atoms with van der Waals surface area (Å²) in [5, 5.41) is 12.0. The standard InChI is InChI=1S/C19H23F3N4/c1-11(2)14-7-5-4-6-12(14)10-26(13-8-9-13)19(23)15-16(17(20)21)24-25(3)18(15)22/h4-7,11,13,17,23H,8-10H2,1-3H3. The predicted octanol–water partition coefficient (Wildman–Crippen LogP) is 4.61. The zero-order valence-corrected chi connectivity index (χ0v) is 15.1. The molecular formula is C19H23F3N4. The second kappa shape index (κ2) is 7.13. The van der Waals surface area contributed by atoms with Gasteiger partial charge >= 0.3 is 0 Å². The van der Waals surface area contributed by atoms with Gasteiger partial charge < -0.3 is 4.90 Å². The Morgan fingerprint density at radius 3 is 2.54 bits per heavy atom. The number of rotatable bonds is 6. The van der Waals surface area contributed by atoms with Crippen molar-refractivity contribution in [2.45, 2.75) is 51.6 Å². The smallest absolute Gasteiger partial charge is 0.283 e. The first kappa shape index (κ1) is 18.5. The molecule has 1 aliphatic rings. The van der Waals surface area contributed by atoms with E-state index < -0.39 is 23.6 Å². The van der Waals surface area contributed by atoms with E-state index in [1.54, 1.807) is 4.90 Å². The normalized spacial score (nSPS) is 14.3. The third kappa shape index (κ3) is 3.48. The number of aromatic nitrogens is 2. The van der Waals surface area contributed by atoms with E-state index in [9.17, 15) is 13.2 Å². The molecule has 0 radical (unpaired) electrons. The van der Waals surface area contributed by atoms with Crippen molar-refractivity contribution in [1.82, 2.24) is 14.7 Å². The van der Waals surface area contributed by atoms with Crippen molar-refractivity contribution in [3.63, 3.8) is 0 Å². The zero-order valence-electron chi connectivity index (χ0n) is 15.1. The number of alkyl halides is 2. The third-order valence-corrected chi connectivity index (χ3v) is 4.74. The fraction of sp³-hybridized carbons (Fsp3) is 0.474. The van der Waals surface area contributed by atoms with Crippen molar-refractivity contribution in [2.24, 2.45) is 7.05 Å². The van der Waals surface area contributed by atoms with E-state index in [0.717, 1.165) is 28.7 Å². The fourth-order valence-corrected chi connectivity index (χ4v) is 3.24. The van der Waals surface area contributed by atoms with Gasteiger partial charge in [0.15, 0.2) is 0 Å². The molecule has 0 aliphatic heterocycles. The lowest BCUT2D eigenvalue weighted by atomic mass is 9.96. The van der Waals surface area contributed by atoms with E-state index >= 15 is 0 Å². The first-order valence-corrected chi connectivity index (χ1v) is 8.75. The highest BCUT2D eigenvalue weighted by Gasteiger charge is 2.36. The highest BCUT2D eigenvalue weighted by Crippen LogP contribution is 2.33. The van der Waals surface area contributed by atoms with Crippen molar-refractivity contribution >= 4 is 5.84 Å². The minimum Gasteiger partial charge on any atom is -0.349 e. The highest BCUT2D eigenvalue weighted by atomic mass is 19.3. The first-order valence-electron chi connectivity index (χ1n) is 8.75.